The number of piperazine rings is 1. The minimum Gasteiger partial charge on any atom is -0.343 e. The van der Waals surface area contributed by atoms with Crippen LogP contribution in [0, 0.1) is 0 Å². The number of rotatable bonds is 4. The molecule has 4 heteroatoms. The van der Waals surface area contributed by atoms with Crippen LogP contribution in [0.1, 0.15) is 32.3 Å². The van der Waals surface area contributed by atoms with Crippen LogP contribution < -0.4 is 5.32 Å². The van der Waals surface area contributed by atoms with Gasteiger partial charge in [0.25, 0.3) is 0 Å². The summed E-state index contributed by atoms with van der Waals surface area (Å²) < 4.78 is 0. The second kappa shape index (κ2) is 5.87. The summed E-state index contributed by atoms with van der Waals surface area (Å²) in [6.07, 6.45) is 1.58. The van der Waals surface area contributed by atoms with E-state index in [1.807, 2.05) is 37.3 Å². The van der Waals surface area contributed by atoms with Crippen LogP contribution in [0.25, 0.3) is 0 Å². The highest BCUT2D eigenvalue weighted by atomic mass is 16.2. The molecule has 1 saturated heterocycles. The SMILES string of the molecule is CCC[C@H]1NC(=O)[C@H](C)N(Cc2ccccc2)C1=O. The van der Waals surface area contributed by atoms with Crippen LogP contribution in [0.2, 0.25) is 0 Å². The summed E-state index contributed by atoms with van der Waals surface area (Å²) in [5.41, 5.74) is 1.05. The third kappa shape index (κ3) is 2.95. The molecule has 0 aromatic heterocycles. The molecule has 0 spiro atoms. The summed E-state index contributed by atoms with van der Waals surface area (Å²) in [5.74, 6) is -0.0354. The third-order valence-corrected chi connectivity index (χ3v) is 3.52. The molecule has 2 amide bonds. The first-order valence-corrected chi connectivity index (χ1v) is 6.78. The standard InChI is InChI=1S/C15H20N2O2/c1-3-7-13-15(19)17(11(2)14(18)16-13)10-12-8-5-4-6-9-12/h4-6,8-9,11,13H,3,7,10H2,1-2H3,(H,16,18)/t11-,13+/m0/s1. The smallest absolute Gasteiger partial charge is 0.246 e. The maximum absolute atomic E-state index is 12.4. The number of hydrogen-bond donors (Lipinski definition) is 1. The predicted molar refractivity (Wildman–Crippen MR) is 73.3 cm³/mol. The summed E-state index contributed by atoms with van der Waals surface area (Å²) >= 11 is 0. The quantitative estimate of drug-likeness (QED) is 0.896. The highest BCUT2D eigenvalue weighted by Crippen LogP contribution is 2.16. The van der Waals surface area contributed by atoms with E-state index in [-0.39, 0.29) is 17.9 Å². The highest BCUT2D eigenvalue weighted by molar-refractivity contribution is 5.96. The van der Waals surface area contributed by atoms with E-state index in [4.69, 9.17) is 0 Å². The van der Waals surface area contributed by atoms with Crippen molar-refractivity contribution in [2.45, 2.75) is 45.3 Å². The molecule has 0 bridgehead atoms. The molecule has 1 aliphatic rings. The van der Waals surface area contributed by atoms with Gasteiger partial charge in [-0.05, 0) is 18.9 Å². The Balaban J connectivity index is 2.16. The number of amides is 2. The van der Waals surface area contributed by atoms with Crippen molar-refractivity contribution in [2.75, 3.05) is 0 Å². The van der Waals surface area contributed by atoms with Gasteiger partial charge in [-0.25, -0.2) is 0 Å². The van der Waals surface area contributed by atoms with Crippen molar-refractivity contribution in [2.24, 2.45) is 0 Å². The Morgan fingerprint density at radius 1 is 1.21 bits per heavy atom. The summed E-state index contributed by atoms with van der Waals surface area (Å²) in [5, 5.41) is 2.80. The van der Waals surface area contributed by atoms with Gasteiger partial charge in [-0.2, -0.15) is 0 Å². The van der Waals surface area contributed by atoms with E-state index in [0.717, 1.165) is 12.0 Å². The van der Waals surface area contributed by atoms with Crippen LogP contribution in [0.15, 0.2) is 30.3 Å². The van der Waals surface area contributed by atoms with Gasteiger partial charge in [0.05, 0.1) is 0 Å². The van der Waals surface area contributed by atoms with Gasteiger partial charge in [0, 0.05) is 6.54 Å². The van der Waals surface area contributed by atoms with Crippen molar-refractivity contribution in [3.05, 3.63) is 35.9 Å². The summed E-state index contributed by atoms with van der Waals surface area (Å²) in [6.45, 7) is 4.28. The van der Waals surface area contributed by atoms with Crippen LogP contribution in [0.5, 0.6) is 0 Å². The van der Waals surface area contributed by atoms with Crippen LogP contribution >= 0.6 is 0 Å². The molecule has 2 atom stereocenters. The Morgan fingerprint density at radius 3 is 2.53 bits per heavy atom. The van der Waals surface area contributed by atoms with Gasteiger partial charge < -0.3 is 10.2 Å². The maximum Gasteiger partial charge on any atom is 0.246 e. The van der Waals surface area contributed by atoms with Crippen LogP contribution in [-0.2, 0) is 16.1 Å². The molecule has 1 heterocycles. The molecule has 0 aliphatic carbocycles. The molecule has 0 unspecified atom stereocenters. The number of hydrogen-bond acceptors (Lipinski definition) is 2. The molecule has 1 N–H and O–H groups in total. The average molecular weight is 260 g/mol. The topological polar surface area (TPSA) is 49.4 Å². The van der Waals surface area contributed by atoms with Crippen molar-refractivity contribution < 1.29 is 9.59 Å². The fourth-order valence-corrected chi connectivity index (χ4v) is 2.37. The molecule has 0 saturated carbocycles. The van der Waals surface area contributed by atoms with Crippen LogP contribution in [0.4, 0.5) is 0 Å². The number of nitrogens with zero attached hydrogens (tertiary/aromatic N) is 1. The van der Waals surface area contributed by atoms with Gasteiger partial charge in [-0.1, -0.05) is 43.7 Å². The minimum absolute atomic E-state index is 0.0257. The van der Waals surface area contributed by atoms with Gasteiger partial charge in [0.2, 0.25) is 11.8 Å². The second-order valence-electron chi connectivity index (χ2n) is 4.98. The molecule has 1 fully saturated rings. The van der Waals surface area contributed by atoms with E-state index in [1.165, 1.54) is 0 Å². The van der Waals surface area contributed by atoms with E-state index >= 15 is 0 Å². The largest absolute Gasteiger partial charge is 0.343 e. The molecular weight excluding hydrogens is 240 g/mol. The molecule has 1 aliphatic heterocycles. The molecule has 19 heavy (non-hydrogen) atoms. The Morgan fingerprint density at radius 2 is 1.89 bits per heavy atom. The van der Waals surface area contributed by atoms with Crippen molar-refractivity contribution >= 4 is 11.8 Å². The second-order valence-corrected chi connectivity index (χ2v) is 4.98. The normalized spacial score (nSPS) is 23.4. The lowest BCUT2D eigenvalue weighted by atomic mass is 10.0. The Labute approximate surface area is 113 Å². The van der Waals surface area contributed by atoms with E-state index in [1.54, 1.807) is 11.8 Å². The van der Waals surface area contributed by atoms with E-state index in [2.05, 4.69) is 5.32 Å². The Hall–Kier alpha value is -1.84. The van der Waals surface area contributed by atoms with E-state index in [0.29, 0.717) is 13.0 Å². The summed E-state index contributed by atoms with van der Waals surface area (Å²) in [4.78, 5) is 26.0. The number of benzene rings is 1. The lowest BCUT2D eigenvalue weighted by molar-refractivity contribution is -0.149. The van der Waals surface area contributed by atoms with Gasteiger partial charge in [0.15, 0.2) is 0 Å². The zero-order valence-electron chi connectivity index (χ0n) is 11.4. The van der Waals surface area contributed by atoms with Gasteiger partial charge in [-0.3, -0.25) is 9.59 Å². The minimum atomic E-state index is -0.402. The molecular formula is C15H20N2O2. The molecule has 102 valence electrons. The van der Waals surface area contributed by atoms with E-state index in [9.17, 15) is 9.59 Å². The number of carbonyl (C=O) groups is 2. The van der Waals surface area contributed by atoms with Crippen LogP contribution in [0.3, 0.4) is 0 Å². The maximum atomic E-state index is 12.4. The Bertz CT molecular complexity index is 458. The first-order valence-electron chi connectivity index (χ1n) is 6.78. The number of nitrogens with one attached hydrogen (secondary N) is 1. The zero-order chi connectivity index (χ0) is 13.8. The fraction of sp³-hybridized carbons (Fsp3) is 0.467. The molecule has 1 aromatic rings. The molecule has 0 radical (unpaired) electrons. The van der Waals surface area contributed by atoms with Gasteiger partial charge in [0.1, 0.15) is 12.1 Å². The molecule has 1 aromatic carbocycles. The molecule has 2 rings (SSSR count). The third-order valence-electron chi connectivity index (χ3n) is 3.52. The average Bonchev–Trinajstić information content (AvgIpc) is 2.42. The summed E-state index contributed by atoms with van der Waals surface area (Å²) in [7, 11) is 0. The summed E-state index contributed by atoms with van der Waals surface area (Å²) in [6, 6.07) is 9.01. The first-order chi connectivity index (χ1) is 9.13. The monoisotopic (exact) mass is 260 g/mol. The predicted octanol–water partition coefficient (Wildman–Crippen LogP) is 1.70. The zero-order valence-corrected chi connectivity index (χ0v) is 11.4. The van der Waals surface area contributed by atoms with Crippen molar-refractivity contribution in [3.8, 4) is 0 Å². The highest BCUT2D eigenvalue weighted by Gasteiger charge is 2.37. The van der Waals surface area contributed by atoms with Crippen LogP contribution in [-0.4, -0.2) is 28.8 Å². The van der Waals surface area contributed by atoms with Crippen molar-refractivity contribution in [3.63, 3.8) is 0 Å². The van der Waals surface area contributed by atoms with Gasteiger partial charge in [-0.15, -0.1) is 0 Å². The fourth-order valence-electron chi connectivity index (χ4n) is 2.37. The number of carbonyl (C=O) groups excluding carboxylic acids is 2. The lowest BCUT2D eigenvalue weighted by Crippen LogP contribution is -2.61. The van der Waals surface area contributed by atoms with Gasteiger partial charge >= 0.3 is 0 Å². The lowest BCUT2D eigenvalue weighted by Gasteiger charge is -2.37. The molecule has 4 nitrogen and oxygen atoms in total. The van der Waals surface area contributed by atoms with E-state index < -0.39 is 6.04 Å². The first kappa shape index (κ1) is 13.6. The Kier molecular flexibility index (Phi) is 4.20. The van der Waals surface area contributed by atoms with Crippen molar-refractivity contribution in [1.29, 1.82) is 0 Å². The van der Waals surface area contributed by atoms with Crippen molar-refractivity contribution in [1.82, 2.24) is 10.2 Å².